The van der Waals surface area contributed by atoms with Gasteiger partial charge in [0.25, 0.3) is 5.91 Å². The van der Waals surface area contributed by atoms with Gasteiger partial charge < -0.3 is 31.1 Å². The van der Waals surface area contributed by atoms with Gasteiger partial charge in [-0.05, 0) is 62.4 Å². The van der Waals surface area contributed by atoms with Crippen LogP contribution in [0.1, 0.15) is 103 Å². The van der Waals surface area contributed by atoms with E-state index in [0.29, 0.717) is 43.9 Å². The number of carbonyl (C=O) groups excluding carboxylic acids is 3. The molecule has 0 aliphatic heterocycles. The lowest BCUT2D eigenvalue weighted by atomic mass is 10.0. The smallest absolute Gasteiger partial charge is 0.263 e. The summed E-state index contributed by atoms with van der Waals surface area (Å²) in [4.78, 5) is 37.7. The van der Waals surface area contributed by atoms with E-state index in [1.807, 2.05) is 30.3 Å². The number of carbonyl (C=O) groups is 3. The van der Waals surface area contributed by atoms with Crippen molar-refractivity contribution in [2.45, 2.75) is 123 Å². The molecule has 0 radical (unpaired) electrons. The molecule has 9 heteroatoms. The summed E-state index contributed by atoms with van der Waals surface area (Å²) in [5, 5.41) is 21.3. The molecule has 0 heterocycles. The highest BCUT2D eigenvalue weighted by Crippen LogP contribution is 2.17. The minimum Gasteiger partial charge on any atom is -0.494 e. The average Bonchev–Trinajstić information content (AvgIpc) is 3.02. The summed E-state index contributed by atoms with van der Waals surface area (Å²) in [6.07, 6.45) is 10.6. The SMILES string of the molecule is CCCCCCCCCC(CC)NC(=O)CCCOc1ccc(NC(NC(=O)CC(C)O)C(=O)NCCc2ccccc2)cc1. The highest BCUT2D eigenvalue weighted by Gasteiger charge is 2.21. The molecule has 3 amide bonds. The quantitative estimate of drug-likeness (QED) is 0.0735. The highest BCUT2D eigenvalue weighted by atomic mass is 16.5. The van der Waals surface area contributed by atoms with Crippen LogP contribution in [0.15, 0.2) is 54.6 Å². The van der Waals surface area contributed by atoms with Crippen LogP contribution in [-0.4, -0.2) is 54.3 Å². The van der Waals surface area contributed by atoms with Crippen molar-refractivity contribution in [2.75, 3.05) is 18.5 Å². The number of unbranched alkanes of at least 4 members (excludes halogenated alkanes) is 6. The molecule has 0 fully saturated rings. The Morgan fingerprint density at radius 1 is 0.822 bits per heavy atom. The predicted octanol–water partition coefficient (Wildman–Crippen LogP) is 5.87. The number of anilines is 1. The summed E-state index contributed by atoms with van der Waals surface area (Å²) in [7, 11) is 0. The van der Waals surface area contributed by atoms with E-state index in [1.165, 1.54) is 45.4 Å². The maximum absolute atomic E-state index is 12.9. The molecule has 0 saturated heterocycles. The van der Waals surface area contributed by atoms with Crippen LogP contribution >= 0.6 is 0 Å². The Kier molecular flexibility index (Phi) is 19.1. The second kappa shape index (κ2) is 22.8. The molecule has 3 unspecified atom stereocenters. The molecule has 5 N–H and O–H groups in total. The van der Waals surface area contributed by atoms with Gasteiger partial charge >= 0.3 is 0 Å². The molecular weight excluding hydrogens is 568 g/mol. The molecule has 2 aromatic rings. The van der Waals surface area contributed by atoms with Gasteiger partial charge in [0.2, 0.25) is 11.8 Å². The maximum Gasteiger partial charge on any atom is 0.263 e. The molecule has 0 aromatic heterocycles. The van der Waals surface area contributed by atoms with Crippen molar-refractivity contribution in [1.82, 2.24) is 16.0 Å². The van der Waals surface area contributed by atoms with Gasteiger partial charge in [0.15, 0.2) is 6.17 Å². The van der Waals surface area contributed by atoms with Crippen LogP contribution in [0.3, 0.4) is 0 Å². The molecule has 3 atom stereocenters. The first-order valence-corrected chi connectivity index (χ1v) is 16.9. The van der Waals surface area contributed by atoms with Crippen molar-refractivity contribution in [3.63, 3.8) is 0 Å². The standard InChI is InChI=1S/C36H56N4O5/c1-4-6-7-8-9-10-14-18-30(5-2)38-33(42)19-15-26-45-32-22-20-31(21-23-32)39-35(40-34(43)27-28(3)41)36(44)37-25-24-29-16-12-11-13-17-29/h11-13,16-17,20-23,28,30,35,39,41H,4-10,14-15,18-19,24-27H2,1-3H3,(H,37,44)(H,38,42)(H,40,43). The largest absolute Gasteiger partial charge is 0.494 e. The third-order valence-corrected chi connectivity index (χ3v) is 7.60. The monoisotopic (exact) mass is 624 g/mol. The Balaban J connectivity index is 1.75. The molecule has 0 bridgehead atoms. The number of ether oxygens (including phenoxy) is 1. The molecule has 0 saturated carbocycles. The fourth-order valence-electron chi connectivity index (χ4n) is 5.00. The van der Waals surface area contributed by atoms with Crippen molar-refractivity contribution in [1.29, 1.82) is 0 Å². The van der Waals surface area contributed by atoms with Crippen molar-refractivity contribution in [2.24, 2.45) is 0 Å². The summed E-state index contributed by atoms with van der Waals surface area (Å²) < 4.78 is 5.83. The number of nitrogens with one attached hydrogen (secondary N) is 4. The number of aliphatic hydroxyl groups excluding tert-OH is 1. The fraction of sp³-hybridized carbons (Fsp3) is 0.583. The van der Waals surface area contributed by atoms with Crippen LogP contribution in [0.4, 0.5) is 5.69 Å². The summed E-state index contributed by atoms with van der Waals surface area (Å²) >= 11 is 0. The highest BCUT2D eigenvalue weighted by molar-refractivity contribution is 5.89. The molecule has 250 valence electrons. The lowest BCUT2D eigenvalue weighted by Gasteiger charge is -2.21. The second-order valence-electron chi connectivity index (χ2n) is 11.8. The molecule has 9 nitrogen and oxygen atoms in total. The molecule has 0 aliphatic carbocycles. The topological polar surface area (TPSA) is 129 Å². The van der Waals surface area contributed by atoms with Gasteiger partial charge in [0.1, 0.15) is 5.75 Å². The van der Waals surface area contributed by atoms with Crippen molar-refractivity contribution in [3.05, 3.63) is 60.2 Å². The van der Waals surface area contributed by atoms with Crippen LogP contribution in [0.2, 0.25) is 0 Å². The van der Waals surface area contributed by atoms with Crippen LogP contribution < -0.4 is 26.0 Å². The Morgan fingerprint density at radius 3 is 2.18 bits per heavy atom. The van der Waals surface area contributed by atoms with E-state index in [1.54, 1.807) is 24.3 Å². The van der Waals surface area contributed by atoms with Gasteiger partial charge in [0.05, 0.1) is 19.1 Å². The van der Waals surface area contributed by atoms with Gasteiger partial charge in [0, 0.05) is 24.7 Å². The van der Waals surface area contributed by atoms with Crippen molar-refractivity contribution in [3.8, 4) is 5.75 Å². The maximum atomic E-state index is 12.9. The van der Waals surface area contributed by atoms with E-state index >= 15 is 0 Å². The minimum absolute atomic E-state index is 0.0682. The number of rotatable bonds is 24. The Bertz CT molecular complexity index is 1090. The number of hydrogen-bond donors (Lipinski definition) is 5. The molecule has 45 heavy (non-hydrogen) atoms. The van der Waals surface area contributed by atoms with E-state index < -0.39 is 18.2 Å². The molecular formula is C36H56N4O5. The summed E-state index contributed by atoms with van der Waals surface area (Å²) in [6, 6.07) is 17.1. The van der Waals surface area contributed by atoms with E-state index in [9.17, 15) is 19.5 Å². The van der Waals surface area contributed by atoms with E-state index in [-0.39, 0.29) is 24.3 Å². The molecule has 0 spiro atoms. The van der Waals surface area contributed by atoms with Gasteiger partial charge in [-0.15, -0.1) is 0 Å². The summed E-state index contributed by atoms with van der Waals surface area (Å²) in [5.41, 5.74) is 1.72. The van der Waals surface area contributed by atoms with E-state index in [2.05, 4.69) is 35.1 Å². The second-order valence-corrected chi connectivity index (χ2v) is 11.8. The minimum atomic E-state index is -1.02. The van der Waals surface area contributed by atoms with Crippen molar-refractivity contribution < 1.29 is 24.2 Å². The van der Waals surface area contributed by atoms with Crippen LogP contribution in [0.25, 0.3) is 0 Å². The van der Waals surface area contributed by atoms with Gasteiger partial charge in [-0.2, -0.15) is 0 Å². The van der Waals surface area contributed by atoms with E-state index in [4.69, 9.17) is 4.74 Å². The van der Waals surface area contributed by atoms with Gasteiger partial charge in [-0.25, -0.2) is 0 Å². The fourth-order valence-corrected chi connectivity index (χ4v) is 5.00. The van der Waals surface area contributed by atoms with Gasteiger partial charge in [-0.1, -0.05) is 89.1 Å². The van der Waals surface area contributed by atoms with Crippen LogP contribution in [-0.2, 0) is 20.8 Å². The Morgan fingerprint density at radius 2 is 1.51 bits per heavy atom. The zero-order valence-electron chi connectivity index (χ0n) is 27.6. The van der Waals surface area contributed by atoms with E-state index in [0.717, 1.165) is 24.8 Å². The number of aliphatic hydroxyl groups is 1. The zero-order chi connectivity index (χ0) is 32.7. The first kappa shape index (κ1) is 37.6. The molecule has 2 aromatic carbocycles. The third-order valence-electron chi connectivity index (χ3n) is 7.60. The Hall–Kier alpha value is -3.59. The summed E-state index contributed by atoms with van der Waals surface area (Å²) in [6.45, 7) is 6.70. The first-order valence-electron chi connectivity index (χ1n) is 16.9. The Labute approximate surface area is 270 Å². The predicted molar refractivity (Wildman–Crippen MR) is 181 cm³/mol. The lowest BCUT2D eigenvalue weighted by Crippen LogP contribution is -2.52. The third kappa shape index (κ3) is 17.5. The van der Waals surface area contributed by atoms with Crippen LogP contribution in [0, 0.1) is 0 Å². The first-order chi connectivity index (χ1) is 21.8. The lowest BCUT2D eigenvalue weighted by molar-refractivity contribution is -0.129. The molecule has 2 rings (SSSR count). The number of amides is 3. The normalized spacial score (nSPS) is 12.9. The van der Waals surface area contributed by atoms with Crippen LogP contribution in [0.5, 0.6) is 5.75 Å². The zero-order valence-corrected chi connectivity index (χ0v) is 27.6. The number of benzene rings is 2. The summed E-state index contributed by atoms with van der Waals surface area (Å²) in [5.74, 6) is -0.101. The number of hydrogen-bond acceptors (Lipinski definition) is 6. The van der Waals surface area contributed by atoms with Crippen molar-refractivity contribution >= 4 is 23.4 Å². The molecule has 0 aliphatic rings. The average molecular weight is 625 g/mol. The van der Waals surface area contributed by atoms with Gasteiger partial charge in [-0.3, -0.25) is 14.4 Å².